The van der Waals surface area contributed by atoms with Gasteiger partial charge in [0.15, 0.2) is 6.10 Å². The second-order valence-electron chi connectivity index (χ2n) is 7.28. The van der Waals surface area contributed by atoms with Crippen molar-refractivity contribution in [1.29, 1.82) is 0 Å². The Bertz CT molecular complexity index is 861. The summed E-state index contributed by atoms with van der Waals surface area (Å²) in [7, 11) is 0. The van der Waals surface area contributed by atoms with Crippen LogP contribution in [-0.4, -0.2) is 36.0 Å². The molecule has 1 aliphatic heterocycles. The molecule has 1 atom stereocenters. The van der Waals surface area contributed by atoms with E-state index in [1.165, 1.54) is 5.56 Å². The molecule has 148 valence electrons. The number of ether oxygens (including phenoxy) is 2. The largest absolute Gasteiger partial charge is 0.493 e. The Morgan fingerprint density at radius 3 is 2.64 bits per heavy atom. The Kier molecular flexibility index (Phi) is 6.34. The standard InChI is InChI=1S/C23H27NO4/c1-16-8-9-17(2)21(14-16)27-13-11-22(25)28-18(3)23(26)24-12-10-19-6-4-5-7-20(19)15-24/h4-9,14,18H,10-13,15H2,1-3H3/t18-/m1/s1. The van der Waals surface area contributed by atoms with E-state index < -0.39 is 12.1 Å². The Hall–Kier alpha value is -2.82. The lowest BCUT2D eigenvalue weighted by molar-refractivity contribution is -0.160. The van der Waals surface area contributed by atoms with Crippen LogP contribution in [0.5, 0.6) is 5.75 Å². The van der Waals surface area contributed by atoms with Gasteiger partial charge in [0.25, 0.3) is 5.91 Å². The van der Waals surface area contributed by atoms with Crippen molar-refractivity contribution in [3.63, 3.8) is 0 Å². The van der Waals surface area contributed by atoms with Gasteiger partial charge in [-0.3, -0.25) is 9.59 Å². The lowest BCUT2D eigenvalue weighted by Gasteiger charge is -2.30. The monoisotopic (exact) mass is 381 g/mol. The van der Waals surface area contributed by atoms with Gasteiger partial charge in [0.05, 0.1) is 13.0 Å². The van der Waals surface area contributed by atoms with Crippen molar-refractivity contribution in [2.45, 2.75) is 46.3 Å². The zero-order valence-electron chi connectivity index (χ0n) is 16.7. The maximum atomic E-state index is 12.6. The van der Waals surface area contributed by atoms with Crippen molar-refractivity contribution in [1.82, 2.24) is 4.90 Å². The molecule has 0 aromatic heterocycles. The fraction of sp³-hybridized carbons (Fsp3) is 0.391. The number of hydrogen-bond donors (Lipinski definition) is 0. The fourth-order valence-electron chi connectivity index (χ4n) is 3.35. The minimum Gasteiger partial charge on any atom is -0.493 e. The molecule has 0 aliphatic carbocycles. The topological polar surface area (TPSA) is 55.8 Å². The number of benzene rings is 2. The molecule has 0 saturated heterocycles. The molecule has 5 heteroatoms. The number of nitrogens with zero attached hydrogens (tertiary/aromatic N) is 1. The molecular weight excluding hydrogens is 354 g/mol. The van der Waals surface area contributed by atoms with E-state index in [9.17, 15) is 9.59 Å². The van der Waals surface area contributed by atoms with Crippen molar-refractivity contribution < 1.29 is 19.1 Å². The van der Waals surface area contributed by atoms with E-state index in [0.29, 0.717) is 13.1 Å². The van der Waals surface area contributed by atoms with Gasteiger partial charge in [0.2, 0.25) is 0 Å². The summed E-state index contributed by atoms with van der Waals surface area (Å²) in [4.78, 5) is 26.5. The predicted molar refractivity (Wildman–Crippen MR) is 107 cm³/mol. The van der Waals surface area contributed by atoms with Crippen LogP contribution in [0.4, 0.5) is 0 Å². The highest BCUT2D eigenvalue weighted by molar-refractivity contribution is 5.83. The Balaban J connectivity index is 1.46. The summed E-state index contributed by atoms with van der Waals surface area (Å²) >= 11 is 0. The third kappa shape index (κ3) is 4.91. The highest BCUT2D eigenvalue weighted by Crippen LogP contribution is 2.20. The molecule has 2 aromatic rings. The second kappa shape index (κ2) is 8.91. The number of amides is 1. The van der Waals surface area contributed by atoms with Crippen LogP contribution < -0.4 is 4.74 Å². The maximum absolute atomic E-state index is 12.6. The fourth-order valence-corrected chi connectivity index (χ4v) is 3.35. The van der Waals surface area contributed by atoms with Crippen LogP contribution >= 0.6 is 0 Å². The zero-order valence-corrected chi connectivity index (χ0v) is 16.7. The first-order chi connectivity index (χ1) is 13.4. The summed E-state index contributed by atoms with van der Waals surface area (Å²) in [5, 5.41) is 0. The molecule has 1 amide bonds. The molecular formula is C23H27NO4. The molecule has 5 nitrogen and oxygen atoms in total. The third-order valence-corrected chi connectivity index (χ3v) is 5.01. The van der Waals surface area contributed by atoms with Crippen LogP contribution in [0.1, 0.15) is 35.6 Å². The van der Waals surface area contributed by atoms with Crippen LogP contribution in [0.25, 0.3) is 0 Å². The lowest BCUT2D eigenvalue weighted by atomic mass is 9.99. The molecule has 0 spiro atoms. The van der Waals surface area contributed by atoms with Gasteiger partial charge in [-0.25, -0.2) is 0 Å². The van der Waals surface area contributed by atoms with Crippen molar-refractivity contribution in [3.8, 4) is 5.75 Å². The molecule has 2 aromatic carbocycles. The first kappa shape index (κ1) is 19.9. The number of hydrogen-bond acceptors (Lipinski definition) is 4. The first-order valence-corrected chi connectivity index (χ1v) is 9.69. The predicted octanol–water partition coefficient (Wildman–Crippen LogP) is 3.59. The molecule has 0 radical (unpaired) electrons. The number of rotatable bonds is 6. The number of carbonyl (C=O) groups excluding carboxylic acids is 2. The average Bonchev–Trinajstić information content (AvgIpc) is 2.69. The summed E-state index contributed by atoms with van der Waals surface area (Å²) in [6, 6.07) is 14.1. The summed E-state index contributed by atoms with van der Waals surface area (Å²) in [6.07, 6.45) is 0.138. The van der Waals surface area contributed by atoms with E-state index in [0.717, 1.165) is 28.9 Å². The van der Waals surface area contributed by atoms with E-state index >= 15 is 0 Å². The molecule has 0 N–H and O–H groups in total. The van der Waals surface area contributed by atoms with Crippen LogP contribution in [0, 0.1) is 13.8 Å². The SMILES string of the molecule is Cc1ccc(C)c(OCCC(=O)O[C@H](C)C(=O)N2CCc3ccccc3C2)c1. The molecule has 0 saturated carbocycles. The summed E-state index contributed by atoms with van der Waals surface area (Å²) in [5.74, 6) is 0.186. The number of aryl methyl sites for hydroxylation is 2. The van der Waals surface area contributed by atoms with Crippen molar-refractivity contribution >= 4 is 11.9 Å². The Morgan fingerprint density at radius 2 is 1.86 bits per heavy atom. The quantitative estimate of drug-likeness (QED) is 0.718. The third-order valence-electron chi connectivity index (χ3n) is 5.01. The van der Waals surface area contributed by atoms with Gasteiger partial charge in [-0.1, -0.05) is 36.4 Å². The summed E-state index contributed by atoms with van der Waals surface area (Å²) in [5.41, 5.74) is 4.56. The van der Waals surface area contributed by atoms with Gasteiger partial charge in [-0.2, -0.15) is 0 Å². The Labute approximate surface area is 166 Å². The van der Waals surface area contributed by atoms with Crippen molar-refractivity contribution in [2.75, 3.05) is 13.2 Å². The molecule has 1 aliphatic rings. The molecule has 0 unspecified atom stereocenters. The minimum absolute atomic E-state index is 0.105. The number of esters is 1. The van der Waals surface area contributed by atoms with Crippen LogP contribution in [0.15, 0.2) is 42.5 Å². The first-order valence-electron chi connectivity index (χ1n) is 9.69. The van der Waals surface area contributed by atoms with Crippen molar-refractivity contribution in [3.05, 3.63) is 64.7 Å². The van der Waals surface area contributed by atoms with Gasteiger partial charge < -0.3 is 14.4 Å². The van der Waals surface area contributed by atoms with Crippen molar-refractivity contribution in [2.24, 2.45) is 0 Å². The van der Waals surface area contributed by atoms with E-state index in [1.54, 1.807) is 11.8 Å². The van der Waals surface area contributed by atoms with E-state index in [2.05, 4.69) is 6.07 Å². The van der Waals surface area contributed by atoms with Gasteiger partial charge in [0.1, 0.15) is 5.75 Å². The van der Waals surface area contributed by atoms with E-state index in [1.807, 2.05) is 50.2 Å². The van der Waals surface area contributed by atoms with Crippen LogP contribution in [-0.2, 0) is 27.3 Å². The molecule has 0 bridgehead atoms. The highest BCUT2D eigenvalue weighted by Gasteiger charge is 2.26. The van der Waals surface area contributed by atoms with Gasteiger partial charge in [-0.15, -0.1) is 0 Å². The molecule has 0 fully saturated rings. The minimum atomic E-state index is -0.793. The highest BCUT2D eigenvalue weighted by atomic mass is 16.6. The molecule has 3 rings (SSSR count). The average molecular weight is 381 g/mol. The lowest BCUT2D eigenvalue weighted by Crippen LogP contribution is -2.42. The molecule has 1 heterocycles. The van der Waals surface area contributed by atoms with E-state index in [4.69, 9.17) is 9.47 Å². The smallest absolute Gasteiger partial charge is 0.310 e. The normalized spacial score (nSPS) is 14.2. The summed E-state index contributed by atoms with van der Waals surface area (Å²) < 4.78 is 11.0. The summed E-state index contributed by atoms with van der Waals surface area (Å²) in [6.45, 7) is 7.02. The maximum Gasteiger partial charge on any atom is 0.310 e. The molecule has 28 heavy (non-hydrogen) atoms. The second-order valence-corrected chi connectivity index (χ2v) is 7.28. The van der Waals surface area contributed by atoms with Crippen LogP contribution in [0.3, 0.4) is 0 Å². The van der Waals surface area contributed by atoms with Crippen LogP contribution in [0.2, 0.25) is 0 Å². The Morgan fingerprint density at radius 1 is 1.11 bits per heavy atom. The van der Waals surface area contributed by atoms with Gasteiger partial charge >= 0.3 is 5.97 Å². The number of fused-ring (bicyclic) bond motifs is 1. The van der Waals surface area contributed by atoms with Gasteiger partial charge in [-0.05, 0) is 55.5 Å². The van der Waals surface area contributed by atoms with Gasteiger partial charge in [0, 0.05) is 13.1 Å². The van der Waals surface area contributed by atoms with E-state index in [-0.39, 0.29) is 18.9 Å². The number of carbonyl (C=O) groups is 2. The zero-order chi connectivity index (χ0) is 20.1.